The molecular formula is C16H23N5OS. The summed E-state index contributed by atoms with van der Waals surface area (Å²) in [7, 11) is 0. The van der Waals surface area contributed by atoms with Gasteiger partial charge in [-0.05, 0) is 33.1 Å². The predicted octanol–water partition coefficient (Wildman–Crippen LogP) is 3.74. The smallest absolute Gasteiger partial charge is 0.315 e. The van der Waals surface area contributed by atoms with Crippen LogP contribution in [0, 0.1) is 13.8 Å². The summed E-state index contributed by atoms with van der Waals surface area (Å²) < 4.78 is 1.97. The van der Waals surface area contributed by atoms with Gasteiger partial charge in [0.1, 0.15) is 5.01 Å². The van der Waals surface area contributed by atoms with Crippen LogP contribution in [0.4, 0.5) is 10.5 Å². The number of carbonyl (C=O) groups is 1. The third-order valence-corrected chi connectivity index (χ3v) is 5.18. The first kappa shape index (κ1) is 16.0. The molecule has 1 aliphatic rings. The first-order chi connectivity index (χ1) is 11.1. The van der Waals surface area contributed by atoms with Gasteiger partial charge in [0.05, 0.1) is 23.1 Å². The predicted molar refractivity (Wildman–Crippen MR) is 91.8 cm³/mol. The van der Waals surface area contributed by atoms with Crippen LogP contribution in [0.2, 0.25) is 0 Å². The Morgan fingerprint density at radius 1 is 1.48 bits per heavy atom. The van der Waals surface area contributed by atoms with Gasteiger partial charge in [0.2, 0.25) is 0 Å². The van der Waals surface area contributed by atoms with Crippen molar-refractivity contribution in [3.05, 3.63) is 28.0 Å². The maximum Gasteiger partial charge on any atom is 0.322 e. The zero-order chi connectivity index (χ0) is 16.4. The zero-order valence-electron chi connectivity index (χ0n) is 13.9. The summed E-state index contributed by atoms with van der Waals surface area (Å²) in [5.41, 5.74) is 2.73. The molecule has 1 fully saturated rings. The molecule has 1 aliphatic heterocycles. The molecule has 1 saturated heterocycles. The summed E-state index contributed by atoms with van der Waals surface area (Å²) in [6.45, 7) is 7.72. The Balaban J connectivity index is 1.76. The molecule has 1 unspecified atom stereocenters. The molecule has 2 aromatic rings. The second-order valence-electron chi connectivity index (χ2n) is 5.92. The third-order valence-electron chi connectivity index (χ3n) is 4.30. The Morgan fingerprint density at radius 3 is 3.00 bits per heavy atom. The van der Waals surface area contributed by atoms with Crippen LogP contribution < -0.4 is 5.32 Å². The number of aromatic nitrogens is 3. The highest BCUT2D eigenvalue weighted by molar-refractivity contribution is 7.09. The number of amides is 2. The van der Waals surface area contributed by atoms with Gasteiger partial charge in [-0.25, -0.2) is 9.78 Å². The van der Waals surface area contributed by atoms with Crippen molar-refractivity contribution >= 4 is 23.1 Å². The molecule has 6 nitrogen and oxygen atoms in total. The van der Waals surface area contributed by atoms with E-state index in [1.165, 1.54) is 0 Å². The Labute approximate surface area is 140 Å². The van der Waals surface area contributed by atoms with Crippen LogP contribution in [-0.4, -0.2) is 32.2 Å². The van der Waals surface area contributed by atoms with Crippen molar-refractivity contribution in [3.63, 3.8) is 0 Å². The van der Waals surface area contributed by atoms with E-state index < -0.39 is 0 Å². The van der Waals surface area contributed by atoms with Crippen molar-refractivity contribution in [1.82, 2.24) is 19.7 Å². The van der Waals surface area contributed by atoms with Crippen LogP contribution in [0.3, 0.4) is 0 Å². The molecule has 2 amide bonds. The fourth-order valence-electron chi connectivity index (χ4n) is 3.15. The van der Waals surface area contributed by atoms with Gasteiger partial charge in [-0.1, -0.05) is 6.92 Å². The molecular weight excluding hydrogens is 310 g/mol. The normalized spacial score (nSPS) is 17.7. The van der Waals surface area contributed by atoms with Crippen molar-refractivity contribution in [1.29, 1.82) is 0 Å². The van der Waals surface area contributed by atoms with E-state index in [4.69, 9.17) is 0 Å². The summed E-state index contributed by atoms with van der Waals surface area (Å²) >= 11 is 1.62. The van der Waals surface area contributed by atoms with Gasteiger partial charge < -0.3 is 10.2 Å². The lowest BCUT2D eigenvalue weighted by molar-refractivity contribution is 0.207. The summed E-state index contributed by atoms with van der Waals surface area (Å²) in [4.78, 5) is 19.0. The number of carbonyl (C=O) groups excluding carboxylic acids is 1. The highest BCUT2D eigenvalue weighted by atomic mass is 32.1. The molecule has 0 aliphatic carbocycles. The summed E-state index contributed by atoms with van der Waals surface area (Å²) in [6.07, 6.45) is 4.82. The molecule has 124 valence electrons. The largest absolute Gasteiger partial charge is 0.322 e. The zero-order valence-corrected chi connectivity index (χ0v) is 14.7. The summed E-state index contributed by atoms with van der Waals surface area (Å²) in [6, 6.07) is 0.0475. The number of hydrogen-bond donors (Lipinski definition) is 1. The Bertz CT molecular complexity index is 679. The van der Waals surface area contributed by atoms with Gasteiger partial charge in [0, 0.05) is 24.7 Å². The van der Waals surface area contributed by atoms with E-state index in [2.05, 4.69) is 22.3 Å². The van der Waals surface area contributed by atoms with Gasteiger partial charge in [-0.15, -0.1) is 11.3 Å². The van der Waals surface area contributed by atoms with Gasteiger partial charge in [0.25, 0.3) is 0 Å². The molecule has 3 heterocycles. The van der Waals surface area contributed by atoms with Crippen molar-refractivity contribution < 1.29 is 4.79 Å². The fraction of sp³-hybridized carbons (Fsp3) is 0.562. The van der Waals surface area contributed by atoms with Crippen molar-refractivity contribution in [3.8, 4) is 0 Å². The van der Waals surface area contributed by atoms with Crippen LogP contribution in [0.5, 0.6) is 0 Å². The average Bonchev–Trinajstić information content (AvgIpc) is 3.24. The standard InChI is InChI=1S/C16H23N5OS/c1-4-8-21-12(3)14(11(2)19-21)18-16(22)20-9-5-6-13(20)15-17-7-10-23-15/h7,10,13H,4-6,8-9H2,1-3H3,(H,18,22). The number of nitrogens with one attached hydrogen (secondary N) is 1. The number of thiazole rings is 1. The number of urea groups is 1. The molecule has 1 N–H and O–H groups in total. The van der Waals surface area contributed by atoms with Gasteiger partial charge in [-0.3, -0.25) is 4.68 Å². The van der Waals surface area contributed by atoms with E-state index in [9.17, 15) is 4.79 Å². The topological polar surface area (TPSA) is 63.1 Å². The SMILES string of the molecule is CCCn1nc(C)c(NC(=O)N2CCCC2c2nccs2)c1C. The molecule has 7 heteroatoms. The minimum atomic E-state index is -0.0510. The summed E-state index contributed by atoms with van der Waals surface area (Å²) in [5.74, 6) is 0. The molecule has 2 aromatic heterocycles. The average molecular weight is 333 g/mol. The Morgan fingerprint density at radius 2 is 2.30 bits per heavy atom. The molecule has 23 heavy (non-hydrogen) atoms. The number of nitrogens with zero attached hydrogens (tertiary/aromatic N) is 4. The molecule has 3 rings (SSSR count). The summed E-state index contributed by atoms with van der Waals surface area (Å²) in [5, 5.41) is 10.6. The molecule has 0 aromatic carbocycles. The lowest BCUT2D eigenvalue weighted by Gasteiger charge is -2.23. The lowest BCUT2D eigenvalue weighted by atomic mass is 10.2. The highest BCUT2D eigenvalue weighted by Crippen LogP contribution is 2.33. The Hall–Kier alpha value is -1.89. The fourth-order valence-corrected chi connectivity index (χ4v) is 3.94. The lowest BCUT2D eigenvalue weighted by Crippen LogP contribution is -2.34. The number of rotatable bonds is 4. The first-order valence-corrected chi connectivity index (χ1v) is 9.00. The van der Waals surface area contributed by atoms with Crippen LogP contribution >= 0.6 is 11.3 Å². The number of likely N-dealkylation sites (tertiary alicyclic amines) is 1. The minimum absolute atomic E-state index is 0.0510. The number of hydrogen-bond acceptors (Lipinski definition) is 4. The molecule has 0 saturated carbocycles. The van der Waals surface area contributed by atoms with E-state index in [-0.39, 0.29) is 12.1 Å². The second-order valence-corrected chi connectivity index (χ2v) is 6.85. The Kier molecular flexibility index (Phi) is 4.66. The second kappa shape index (κ2) is 6.70. The van der Waals surface area contributed by atoms with Crippen molar-refractivity contribution in [2.75, 3.05) is 11.9 Å². The first-order valence-electron chi connectivity index (χ1n) is 8.12. The van der Waals surface area contributed by atoms with Gasteiger partial charge in [0.15, 0.2) is 0 Å². The maximum absolute atomic E-state index is 12.7. The van der Waals surface area contributed by atoms with Crippen molar-refractivity contribution in [2.45, 2.75) is 52.6 Å². The highest BCUT2D eigenvalue weighted by Gasteiger charge is 2.32. The quantitative estimate of drug-likeness (QED) is 0.927. The molecule has 0 bridgehead atoms. The van der Waals surface area contributed by atoms with Gasteiger partial charge in [-0.2, -0.15) is 5.10 Å². The van der Waals surface area contributed by atoms with Crippen LogP contribution in [0.15, 0.2) is 11.6 Å². The van der Waals surface area contributed by atoms with Crippen LogP contribution in [-0.2, 0) is 6.54 Å². The van der Waals surface area contributed by atoms with Crippen molar-refractivity contribution in [2.24, 2.45) is 0 Å². The molecule has 0 radical (unpaired) electrons. The minimum Gasteiger partial charge on any atom is -0.315 e. The number of aryl methyl sites for hydroxylation is 2. The van der Waals surface area contributed by atoms with Crippen LogP contribution in [0.25, 0.3) is 0 Å². The van der Waals surface area contributed by atoms with Crippen LogP contribution in [0.1, 0.15) is 48.6 Å². The number of anilines is 1. The van der Waals surface area contributed by atoms with E-state index in [0.717, 1.165) is 54.4 Å². The maximum atomic E-state index is 12.7. The molecule has 0 spiro atoms. The van der Waals surface area contributed by atoms with E-state index in [1.54, 1.807) is 17.5 Å². The monoisotopic (exact) mass is 333 g/mol. The third kappa shape index (κ3) is 3.10. The van der Waals surface area contributed by atoms with E-state index in [1.807, 2.05) is 28.8 Å². The van der Waals surface area contributed by atoms with E-state index in [0.29, 0.717) is 0 Å². The molecule has 1 atom stereocenters. The van der Waals surface area contributed by atoms with E-state index >= 15 is 0 Å². The van der Waals surface area contributed by atoms with Gasteiger partial charge >= 0.3 is 6.03 Å².